The van der Waals surface area contributed by atoms with Crippen molar-refractivity contribution in [2.75, 3.05) is 0 Å². The summed E-state index contributed by atoms with van der Waals surface area (Å²) in [6.07, 6.45) is 3.83. The molecule has 0 aliphatic rings. The first-order chi connectivity index (χ1) is 11.2. The fourth-order valence-corrected chi connectivity index (χ4v) is 3.79. The Labute approximate surface area is 144 Å². The zero-order valence-corrected chi connectivity index (χ0v) is 14.3. The molecule has 1 aromatic carbocycles. The Kier molecular flexibility index (Phi) is 3.71. The highest BCUT2D eigenvalue weighted by atomic mass is 79.9. The first-order valence-electron chi connectivity index (χ1n) is 6.98. The van der Waals surface area contributed by atoms with E-state index in [4.69, 9.17) is 4.42 Å². The molecule has 0 aliphatic heterocycles. The van der Waals surface area contributed by atoms with Gasteiger partial charge in [-0.15, -0.1) is 0 Å². The van der Waals surface area contributed by atoms with Crippen molar-refractivity contribution in [3.8, 4) is 0 Å². The molecular weight excluding hydrogens is 376 g/mol. The van der Waals surface area contributed by atoms with E-state index in [-0.39, 0.29) is 5.63 Å². The Bertz CT molecular complexity index is 1070. The van der Waals surface area contributed by atoms with Crippen LogP contribution in [0, 0.1) is 0 Å². The summed E-state index contributed by atoms with van der Waals surface area (Å²) in [4.78, 5) is 16.2. The van der Waals surface area contributed by atoms with E-state index in [0.717, 1.165) is 26.1 Å². The van der Waals surface area contributed by atoms with Crippen molar-refractivity contribution in [1.82, 2.24) is 9.38 Å². The molecule has 0 atom stereocenters. The fourth-order valence-electron chi connectivity index (χ4n) is 2.49. The summed E-state index contributed by atoms with van der Waals surface area (Å²) in [7, 11) is 0. The summed E-state index contributed by atoms with van der Waals surface area (Å²) < 4.78 is 8.20. The van der Waals surface area contributed by atoms with E-state index in [2.05, 4.69) is 20.9 Å². The second kappa shape index (κ2) is 5.86. The summed E-state index contributed by atoms with van der Waals surface area (Å²) in [6.45, 7) is 0. The molecule has 4 rings (SSSR count). The van der Waals surface area contributed by atoms with E-state index in [9.17, 15) is 4.79 Å². The molecule has 3 aromatic heterocycles. The van der Waals surface area contributed by atoms with E-state index in [1.807, 2.05) is 53.2 Å². The van der Waals surface area contributed by atoms with Gasteiger partial charge in [0.1, 0.15) is 5.58 Å². The summed E-state index contributed by atoms with van der Waals surface area (Å²) in [6, 6.07) is 13.3. The third kappa shape index (κ3) is 2.80. The number of hydrogen-bond acceptors (Lipinski definition) is 4. The number of rotatable bonds is 3. The van der Waals surface area contributed by atoms with Crippen molar-refractivity contribution >= 4 is 44.2 Å². The summed E-state index contributed by atoms with van der Waals surface area (Å²) >= 11 is 5.00. The lowest BCUT2D eigenvalue weighted by atomic mass is 10.1. The van der Waals surface area contributed by atoms with Crippen molar-refractivity contribution in [3.05, 3.63) is 75.3 Å². The molecule has 6 heteroatoms. The van der Waals surface area contributed by atoms with Gasteiger partial charge in [0.25, 0.3) is 0 Å². The van der Waals surface area contributed by atoms with Gasteiger partial charge < -0.3 is 4.42 Å². The van der Waals surface area contributed by atoms with Crippen LogP contribution in [0.25, 0.3) is 16.5 Å². The monoisotopic (exact) mass is 386 g/mol. The fraction of sp³-hybridized carbons (Fsp3) is 0.0588. The van der Waals surface area contributed by atoms with Gasteiger partial charge in [0.05, 0.1) is 11.7 Å². The maximum Gasteiger partial charge on any atom is 0.336 e. The molecule has 0 N–H and O–H groups in total. The molecule has 0 aliphatic carbocycles. The van der Waals surface area contributed by atoms with Crippen LogP contribution in [0.1, 0.15) is 5.56 Å². The Morgan fingerprint density at radius 3 is 3.04 bits per heavy atom. The van der Waals surface area contributed by atoms with Crippen LogP contribution in [0.5, 0.6) is 0 Å². The molecule has 0 spiro atoms. The number of aromatic nitrogens is 2. The number of imidazole rings is 1. The molecule has 0 bridgehead atoms. The van der Waals surface area contributed by atoms with Crippen molar-refractivity contribution < 1.29 is 4.42 Å². The van der Waals surface area contributed by atoms with Gasteiger partial charge in [0, 0.05) is 27.9 Å². The van der Waals surface area contributed by atoms with E-state index >= 15 is 0 Å². The number of hydrogen-bond donors (Lipinski definition) is 0. The number of benzene rings is 1. The summed E-state index contributed by atoms with van der Waals surface area (Å²) in [5, 5.41) is 1.85. The average Bonchev–Trinajstić information content (AvgIpc) is 2.95. The van der Waals surface area contributed by atoms with Crippen molar-refractivity contribution in [3.63, 3.8) is 0 Å². The van der Waals surface area contributed by atoms with Gasteiger partial charge >= 0.3 is 5.63 Å². The lowest BCUT2D eigenvalue weighted by molar-refractivity contribution is 0.559. The first-order valence-corrected chi connectivity index (χ1v) is 8.76. The third-order valence-corrected chi connectivity index (χ3v) is 5.06. The number of nitrogens with zero attached hydrogens (tertiary/aromatic N) is 2. The minimum absolute atomic E-state index is 0.334. The number of fused-ring (bicyclic) bond motifs is 2. The number of pyridine rings is 1. The van der Waals surface area contributed by atoms with Crippen molar-refractivity contribution in [2.24, 2.45) is 0 Å². The minimum atomic E-state index is -0.334. The Morgan fingerprint density at radius 2 is 2.13 bits per heavy atom. The molecule has 0 radical (unpaired) electrons. The lowest BCUT2D eigenvalue weighted by Crippen LogP contribution is -2.00. The highest BCUT2D eigenvalue weighted by Crippen LogP contribution is 2.27. The van der Waals surface area contributed by atoms with Gasteiger partial charge in [-0.25, -0.2) is 9.78 Å². The van der Waals surface area contributed by atoms with Gasteiger partial charge in [-0.3, -0.25) is 4.40 Å². The molecule has 114 valence electrons. The highest BCUT2D eigenvalue weighted by Gasteiger charge is 2.09. The molecule has 0 amide bonds. The van der Waals surface area contributed by atoms with Gasteiger partial charge in [-0.05, 0) is 35.9 Å². The third-order valence-electron chi connectivity index (χ3n) is 3.55. The standard InChI is InChI=1S/C17H11BrN2O2S/c18-12-4-5-14-11(7-16(21)22-15(14)8-12)10-23-17-19-9-13-3-1-2-6-20(13)17/h1-9H,10H2. The van der Waals surface area contributed by atoms with Gasteiger partial charge in [0.2, 0.25) is 0 Å². The lowest BCUT2D eigenvalue weighted by Gasteiger charge is -2.05. The smallest absolute Gasteiger partial charge is 0.336 e. The van der Waals surface area contributed by atoms with Gasteiger partial charge in [-0.1, -0.05) is 33.8 Å². The van der Waals surface area contributed by atoms with Crippen LogP contribution in [-0.4, -0.2) is 9.38 Å². The number of thioether (sulfide) groups is 1. The molecule has 4 nitrogen and oxygen atoms in total. The molecule has 0 fully saturated rings. The van der Waals surface area contributed by atoms with Crippen LogP contribution in [-0.2, 0) is 5.75 Å². The van der Waals surface area contributed by atoms with Crippen LogP contribution >= 0.6 is 27.7 Å². The van der Waals surface area contributed by atoms with Crippen molar-refractivity contribution in [1.29, 1.82) is 0 Å². The molecular formula is C17H11BrN2O2S. The van der Waals surface area contributed by atoms with E-state index in [0.29, 0.717) is 11.3 Å². The molecule has 0 saturated heterocycles. The Balaban J connectivity index is 1.71. The maximum absolute atomic E-state index is 11.8. The SMILES string of the molecule is O=c1cc(CSc2ncc3ccccn23)c2ccc(Br)cc2o1. The van der Waals surface area contributed by atoms with Crippen LogP contribution in [0.2, 0.25) is 0 Å². The first kappa shape index (κ1) is 14.5. The molecule has 0 saturated carbocycles. The highest BCUT2D eigenvalue weighted by molar-refractivity contribution is 9.10. The Morgan fingerprint density at radius 1 is 1.22 bits per heavy atom. The largest absolute Gasteiger partial charge is 0.423 e. The summed E-state index contributed by atoms with van der Waals surface area (Å²) in [5.41, 5.74) is 2.26. The molecule has 0 unspecified atom stereocenters. The van der Waals surface area contributed by atoms with Gasteiger partial charge in [-0.2, -0.15) is 0 Å². The molecule has 23 heavy (non-hydrogen) atoms. The predicted molar refractivity (Wildman–Crippen MR) is 94.9 cm³/mol. The molecule has 4 aromatic rings. The van der Waals surface area contributed by atoms with E-state index in [1.165, 1.54) is 0 Å². The zero-order chi connectivity index (χ0) is 15.8. The quantitative estimate of drug-likeness (QED) is 0.384. The topological polar surface area (TPSA) is 47.5 Å². The second-order valence-corrected chi connectivity index (χ2v) is 6.91. The summed E-state index contributed by atoms with van der Waals surface area (Å²) in [5.74, 6) is 0.651. The molecule has 3 heterocycles. The van der Waals surface area contributed by atoms with Crippen LogP contribution in [0.3, 0.4) is 0 Å². The van der Waals surface area contributed by atoms with E-state index < -0.39 is 0 Å². The Hall–Kier alpha value is -2.05. The normalized spacial score (nSPS) is 11.3. The van der Waals surface area contributed by atoms with E-state index in [1.54, 1.807) is 17.8 Å². The average molecular weight is 387 g/mol. The number of halogens is 1. The van der Waals surface area contributed by atoms with Crippen LogP contribution in [0.4, 0.5) is 0 Å². The zero-order valence-electron chi connectivity index (χ0n) is 11.9. The second-order valence-electron chi connectivity index (χ2n) is 5.06. The minimum Gasteiger partial charge on any atom is -0.423 e. The van der Waals surface area contributed by atoms with Crippen LogP contribution < -0.4 is 5.63 Å². The maximum atomic E-state index is 11.8. The van der Waals surface area contributed by atoms with Gasteiger partial charge in [0.15, 0.2) is 5.16 Å². The van der Waals surface area contributed by atoms with Crippen molar-refractivity contribution in [2.45, 2.75) is 10.9 Å². The predicted octanol–water partition coefficient (Wildman–Crippen LogP) is 4.50. The van der Waals surface area contributed by atoms with Crippen LogP contribution in [0.15, 0.2) is 73.7 Å².